The highest BCUT2D eigenvalue weighted by atomic mass is 16.5. The Labute approximate surface area is 146 Å². The van der Waals surface area contributed by atoms with Gasteiger partial charge in [-0.25, -0.2) is 5.43 Å². The molecule has 3 rings (SSSR count). The lowest BCUT2D eigenvalue weighted by Gasteiger charge is -2.23. The van der Waals surface area contributed by atoms with Crippen molar-refractivity contribution in [1.29, 1.82) is 0 Å². The van der Waals surface area contributed by atoms with Crippen LogP contribution in [0.1, 0.15) is 21.5 Å². The molecule has 0 saturated carbocycles. The molecule has 0 unspecified atom stereocenters. The molecule has 1 aliphatic rings. The van der Waals surface area contributed by atoms with Crippen molar-refractivity contribution in [3.8, 4) is 5.75 Å². The quantitative estimate of drug-likeness (QED) is 0.550. The molecule has 2 aromatic rings. The number of quaternary nitrogens is 1. The Kier molecular flexibility index (Phi) is 5.77. The first-order valence-electron chi connectivity index (χ1n) is 8.34. The summed E-state index contributed by atoms with van der Waals surface area (Å²) in [6.45, 7) is 4.60. The van der Waals surface area contributed by atoms with Crippen LogP contribution in [0.3, 0.4) is 0 Å². The van der Waals surface area contributed by atoms with Gasteiger partial charge in [-0.15, -0.1) is 0 Å². The van der Waals surface area contributed by atoms with E-state index in [9.17, 15) is 9.90 Å². The summed E-state index contributed by atoms with van der Waals surface area (Å²) in [6.07, 6.45) is 1.42. The highest BCUT2D eigenvalue weighted by Crippen LogP contribution is 2.12. The van der Waals surface area contributed by atoms with Gasteiger partial charge in [-0.2, -0.15) is 5.10 Å². The van der Waals surface area contributed by atoms with Gasteiger partial charge in [0.1, 0.15) is 25.4 Å². The van der Waals surface area contributed by atoms with E-state index in [2.05, 4.69) is 10.5 Å². The van der Waals surface area contributed by atoms with E-state index in [1.165, 1.54) is 16.7 Å². The Balaban J connectivity index is 1.54. The second-order valence-electron chi connectivity index (χ2n) is 5.99. The second-order valence-corrected chi connectivity index (χ2v) is 5.99. The molecular formula is C19H22N3O3+. The number of carbonyl (C=O) groups is 1. The van der Waals surface area contributed by atoms with Gasteiger partial charge in [-0.3, -0.25) is 4.79 Å². The molecule has 2 aromatic carbocycles. The lowest BCUT2D eigenvalue weighted by Crippen LogP contribution is -3.12. The number of amides is 1. The van der Waals surface area contributed by atoms with Crippen molar-refractivity contribution in [1.82, 2.24) is 5.43 Å². The molecule has 130 valence electrons. The molecule has 0 radical (unpaired) electrons. The minimum absolute atomic E-state index is 0.121. The molecule has 0 aliphatic carbocycles. The van der Waals surface area contributed by atoms with E-state index >= 15 is 0 Å². The normalized spacial score (nSPS) is 15.4. The fourth-order valence-electron chi connectivity index (χ4n) is 2.72. The minimum Gasteiger partial charge on any atom is -0.507 e. The van der Waals surface area contributed by atoms with Gasteiger partial charge in [0, 0.05) is 16.7 Å². The Morgan fingerprint density at radius 2 is 1.88 bits per heavy atom. The lowest BCUT2D eigenvalue weighted by molar-refractivity contribution is -0.921. The van der Waals surface area contributed by atoms with E-state index in [1.807, 2.05) is 12.1 Å². The number of para-hydroxylation sites is 1. The summed E-state index contributed by atoms with van der Waals surface area (Å²) in [4.78, 5) is 13.6. The number of aromatic hydroxyl groups is 1. The number of nitrogens with zero attached hydrogens (tertiary/aromatic N) is 1. The molecule has 0 spiro atoms. The van der Waals surface area contributed by atoms with Crippen LogP contribution in [0.2, 0.25) is 0 Å². The van der Waals surface area contributed by atoms with Gasteiger partial charge in [0.25, 0.3) is 5.91 Å². The summed E-state index contributed by atoms with van der Waals surface area (Å²) in [5.74, 6) is -0.160. The van der Waals surface area contributed by atoms with Gasteiger partial charge >= 0.3 is 0 Å². The van der Waals surface area contributed by atoms with E-state index in [1.54, 1.807) is 36.4 Å². The molecule has 6 heteroatoms. The summed E-state index contributed by atoms with van der Waals surface area (Å²) in [7, 11) is 0. The standard InChI is InChI=1S/C19H21N3O3/c23-18-4-2-1-3-17(18)13-20-21-19(24)16-7-5-15(6-8-16)14-22-9-11-25-12-10-22/h1-8,13,23H,9-12,14H2,(H,21,24)/p+1/b20-13+. The van der Waals surface area contributed by atoms with Crippen LogP contribution in [0.4, 0.5) is 0 Å². The van der Waals surface area contributed by atoms with Gasteiger partial charge in [0.15, 0.2) is 0 Å². The SMILES string of the molecule is O=C(N/N=C/c1ccccc1O)c1ccc(C[NH+]2CCOCC2)cc1. The van der Waals surface area contributed by atoms with Gasteiger partial charge in [-0.05, 0) is 24.3 Å². The zero-order chi connectivity index (χ0) is 17.5. The zero-order valence-corrected chi connectivity index (χ0v) is 13.9. The number of phenols is 1. The van der Waals surface area contributed by atoms with Crippen LogP contribution in [0.5, 0.6) is 5.75 Å². The Bertz CT molecular complexity index is 738. The molecule has 1 aliphatic heterocycles. The van der Waals surface area contributed by atoms with Crippen LogP contribution < -0.4 is 10.3 Å². The number of hydrazone groups is 1. The summed E-state index contributed by atoms with van der Waals surface area (Å²) in [6, 6.07) is 14.4. The van der Waals surface area contributed by atoms with Crippen molar-refractivity contribution >= 4 is 12.1 Å². The number of rotatable bonds is 5. The fraction of sp³-hybridized carbons (Fsp3) is 0.263. The van der Waals surface area contributed by atoms with Crippen molar-refractivity contribution in [3.63, 3.8) is 0 Å². The monoisotopic (exact) mass is 340 g/mol. The van der Waals surface area contributed by atoms with Crippen molar-refractivity contribution < 1.29 is 19.5 Å². The van der Waals surface area contributed by atoms with Crippen molar-refractivity contribution in [2.45, 2.75) is 6.54 Å². The van der Waals surface area contributed by atoms with E-state index < -0.39 is 0 Å². The van der Waals surface area contributed by atoms with Crippen LogP contribution in [-0.4, -0.2) is 43.5 Å². The smallest absolute Gasteiger partial charge is 0.271 e. The third-order valence-corrected chi connectivity index (χ3v) is 4.18. The highest BCUT2D eigenvalue weighted by Gasteiger charge is 2.14. The molecule has 1 fully saturated rings. The maximum atomic E-state index is 12.1. The first kappa shape index (κ1) is 17.1. The molecule has 6 nitrogen and oxygen atoms in total. The number of nitrogens with one attached hydrogen (secondary N) is 2. The molecule has 0 bridgehead atoms. The number of morpholine rings is 1. The molecular weight excluding hydrogens is 318 g/mol. The molecule has 25 heavy (non-hydrogen) atoms. The number of hydrogen-bond acceptors (Lipinski definition) is 4. The molecule has 1 amide bonds. The van der Waals surface area contributed by atoms with E-state index in [0.717, 1.165) is 32.8 Å². The Morgan fingerprint density at radius 1 is 1.16 bits per heavy atom. The predicted octanol–water partition coefficient (Wildman–Crippen LogP) is 0.571. The van der Waals surface area contributed by atoms with Crippen molar-refractivity contribution in [3.05, 3.63) is 65.2 Å². The third kappa shape index (κ3) is 4.89. The van der Waals surface area contributed by atoms with E-state index in [-0.39, 0.29) is 11.7 Å². The fourth-order valence-corrected chi connectivity index (χ4v) is 2.72. The average Bonchev–Trinajstić information content (AvgIpc) is 2.65. The number of carbonyl (C=O) groups excluding carboxylic acids is 1. The predicted molar refractivity (Wildman–Crippen MR) is 94.8 cm³/mol. The minimum atomic E-state index is -0.281. The van der Waals surface area contributed by atoms with Crippen molar-refractivity contribution in [2.24, 2.45) is 5.10 Å². The molecule has 3 N–H and O–H groups in total. The topological polar surface area (TPSA) is 75.4 Å². The summed E-state index contributed by atoms with van der Waals surface area (Å²) < 4.78 is 5.36. The van der Waals surface area contributed by atoms with E-state index in [0.29, 0.717) is 11.1 Å². The van der Waals surface area contributed by atoms with Crippen LogP contribution >= 0.6 is 0 Å². The third-order valence-electron chi connectivity index (χ3n) is 4.18. The molecule has 0 aromatic heterocycles. The Hall–Kier alpha value is -2.70. The summed E-state index contributed by atoms with van der Waals surface area (Å²) in [5, 5.41) is 13.5. The first-order valence-corrected chi connectivity index (χ1v) is 8.34. The van der Waals surface area contributed by atoms with Crippen LogP contribution in [0.15, 0.2) is 53.6 Å². The first-order chi connectivity index (χ1) is 12.2. The maximum absolute atomic E-state index is 12.1. The van der Waals surface area contributed by atoms with Crippen LogP contribution in [0.25, 0.3) is 0 Å². The molecule has 1 heterocycles. The molecule has 0 atom stereocenters. The van der Waals surface area contributed by atoms with E-state index in [4.69, 9.17) is 4.74 Å². The second kappa shape index (κ2) is 8.41. The molecule has 1 saturated heterocycles. The maximum Gasteiger partial charge on any atom is 0.271 e. The summed E-state index contributed by atoms with van der Waals surface area (Å²) >= 11 is 0. The Morgan fingerprint density at radius 3 is 2.60 bits per heavy atom. The largest absolute Gasteiger partial charge is 0.507 e. The average molecular weight is 340 g/mol. The van der Waals surface area contributed by atoms with Gasteiger partial charge in [-0.1, -0.05) is 24.3 Å². The van der Waals surface area contributed by atoms with Crippen molar-refractivity contribution in [2.75, 3.05) is 26.3 Å². The lowest BCUT2D eigenvalue weighted by atomic mass is 10.1. The van der Waals surface area contributed by atoms with Gasteiger partial charge < -0.3 is 14.7 Å². The number of benzene rings is 2. The zero-order valence-electron chi connectivity index (χ0n) is 13.9. The highest BCUT2D eigenvalue weighted by molar-refractivity contribution is 5.95. The van der Waals surface area contributed by atoms with Gasteiger partial charge in [0.2, 0.25) is 0 Å². The van der Waals surface area contributed by atoms with Gasteiger partial charge in [0.05, 0.1) is 19.4 Å². The number of ether oxygens (including phenoxy) is 1. The van der Waals surface area contributed by atoms with Crippen LogP contribution in [0, 0.1) is 0 Å². The van der Waals surface area contributed by atoms with Crippen LogP contribution in [-0.2, 0) is 11.3 Å². The number of hydrogen-bond donors (Lipinski definition) is 3. The summed E-state index contributed by atoms with van der Waals surface area (Å²) in [5.41, 5.74) is 4.77. The number of phenolic OH excluding ortho intramolecular Hbond substituents is 1.